The first-order valence-electron chi connectivity index (χ1n) is 24.7. The van der Waals surface area contributed by atoms with Gasteiger partial charge in [-0.1, -0.05) is 59.7 Å². The van der Waals surface area contributed by atoms with Gasteiger partial charge in [-0.05, 0) is 158 Å². The quantitative estimate of drug-likeness (QED) is 0.158. The average Bonchev–Trinajstić information content (AvgIpc) is 3.99. The first kappa shape index (κ1) is 49.3. The molecular formula is C58H68F2N6O3. The lowest BCUT2D eigenvalue weighted by atomic mass is 9.81. The SMILES string of the molecule is Cc1ccc2cc(N3CCN(C4CCC(c5c[nH]c6ccc(F)cc56)CC4)CC3)ccc2c1.Cc1ccc2cc(N3CCNCC3)ccc2c1.O.O.O=C1CCC(c2c[nH]c3ccc(F)cc23)CC1. The summed E-state index contributed by atoms with van der Waals surface area (Å²) in [5.74, 6) is 0.941. The van der Waals surface area contributed by atoms with E-state index in [1.54, 1.807) is 18.2 Å². The number of aromatic nitrogens is 2. The van der Waals surface area contributed by atoms with E-state index < -0.39 is 0 Å². The summed E-state index contributed by atoms with van der Waals surface area (Å²) in [5.41, 5.74) is 9.82. The molecule has 9 nitrogen and oxygen atoms in total. The topological polar surface area (TPSA) is 133 Å². The smallest absolute Gasteiger partial charge is 0.132 e. The molecule has 0 atom stereocenters. The highest BCUT2D eigenvalue weighted by Gasteiger charge is 2.30. The van der Waals surface area contributed by atoms with Gasteiger partial charge in [0.05, 0.1) is 0 Å². The molecule has 2 aliphatic heterocycles. The molecule has 6 aromatic carbocycles. The van der Waals surface area contributed by atoms with Crippen molar-refractivity contribution in [3.05, 3.63) is 155 Å². The number of nitrogens with one attached hydrogen (secondary N) is 3. The predicted molar refractivity (Wildman–Crippen MR) is 281 cm³/mol. The van der Waals surface area contributed by atoms with Crippen LogP contribution in [0, 0.1) is 25.5 Å². The molecule has 2 aromatic heterocycles. The van der Waals surface area contributed by atoms with Gasteiger partial charge in [-0.2, -0.15) is 0 Å². The molecule has 362 valence electrons. The fourth-order valence-corrected chi connectivity index (χ4v) is 11.3. The molecule has 0 bridgehead atoms. The molecule has 2 saturated heterocycles. The second kappa shape index (κ2) is 22.1. The van der Waals surface area contributed by atoms with E-state index in [-0.39, 0.29) is 22.6 Å². The minimum atomic E-state index is -0.203. The second-order valence-electron chi connectivity index (χ2n) is 19.5. The van der Waals surface area contributed by atoms with Gasteiger partial charge < -0.3 is 36.0 Å². The molecule has 0 spiro atoms. The standard InChI is InChI=1S/C29H32FN3.C15H18N2.C14H14FNO.2H2O/c1-20-2-3-23-17-26(10-6-22(23)16-20)33-14-12-32(13-15-33)25-8-4-21(5-9-25)28-19-31-29-11-7-24(30)18-27(28)29;1-12-2-3-14-11-15(5-4-13(14)10-12)17-8-6-16-7-9-17;15-10-3-6-14-12(7-10)13(8-16-14)9-1-4-11(17)5-2-9;;/h2-3,6-7,10-11,16-19,21,25,31H,4-5,8-9,12-15H2,1H3;2-5,10-11,16H,6-9H2,1H3;3,6-9,16H,1-2,4-5H2;2*1H2. The normalized spacial score (nSPS) is 19.1. The van der Waals surface area contributed by atoms with Crippen LogP contribution in [0.5, 0.6) is 0 Å². The van der Waals surface area contributed by atoms with Gasteiger partial charge >= 0.3 is 0 Å². The number of ketones is 1. The summed E-state index contributed by atoms with van der Waals surface area (Å²) in [7, 11) is 0. The van der Waals surface area contributed by atoms with E-state index in [0.717, 1.165) is 92.6 Å². The fraction of sp³-hybridized carbons (Fsp3) is 0.362. The van der Waals surface area contributed by atoms with Crippen LogP contribution in [0.1, 0.15) is 85.5 Å². The molecular weight excluding hydrogens is 867 g/mol. The molecule has 0 amide bonds. The van der Waals surface area contributed by atoms with Gasteiger partial charge in [0.15, 0.2) is 0 Å². The Kier molecular flexibility index (Phi) is 15.8. The van der Waals surface area contributed by atoms with Crippen LogP contribution in [-0.4, -0.2) is 90.0 Å². The van der Waals surface area contributed by atoms with Gasteiger partial charge in [-0.25, -0.2) is 8.78 Å². The van der Waals surface area contributed by atoms with Gasteiger partial charge in [0.25, 0.3) is 0 Å². The van der Waals surface area contributed by atoms with Crippen molar-refractivity contribution >= 4 is 60.5 Å². The van der Waals surface area contributed by atoms with Crippen molar-refractivity contribution in [1.29, 1.82) is 0 Å². The lowest BCUT2D eigenvalue weighted by Gasteiger charge is -2.42. The third-order valence-electron chi connectivity index (χ3n) is 15.1. The summed E-state index contributed by atoms with van der Waals surface area (Å²) in [6.45, 7) is 13.2. The highest BCUT2D eigenvalue weighted by Crippen LogP contribution is 2.39. The maximum absolute atomic E-state index is 13.8. The Morgan fingerprint density at radius 2 is 0.942 bits per heavy atom. The van der Waals surface area contributed by atoms with Crippen LogP contribution in [0.3, 0.4) is 0 Å². The number of fused-ring (bicyclic) bond motifs is 4. The average molecular weight is 935 g/mol. The number of aromatic amines is 2. The van der Waals surface area contributed by atoms with Crippen LogP contribution in [-0.2, 0) is 4.79 Å². The number of aryl methyl sites for hydroxylation is 2. The number of halogens is 2. The summed E-state index contributed by atoms with van der Waals surface area (Å²) in [6.07, 6.45) is 12.0. The maximum atomic E-state index is 13.8. The largest absolute Gasteiger partial charge is 0.412 e. The number of hydrogen-bond donors (Lipinski definition) is 3. The molecule has 4 fully saturated rings. The van der Waals surface area contributed by atoms with Crippen molar-refractivity contribution in [2.75, 3.05) is 62.2 Å². The van der Waals surface area contributed by atoms with E-state index in [1.807, 2.05) is 12.3 Å². The molecule has 2 saturated carbocycles. The molecule has 4 aliphatic rings. The Balaban J connectivity index is 0.000000151. The number of carbonyl (C=O) groups excluding carboxylic acids is 1. The number of carbonyl (C=O) groups is 1. The summed E-state index contributed by atoms with van der Waals surface area (Å²) in [6, 6.07) is 37.6. The van der Waals surface area contributed by atoms with Crippen molar-refractivity contribution < 1.29 is 24.5 Å². The minimum Gasteiger partial charge on any atom is -0.412 e. The van der Waals surface area contributed by atoms with Crippen molar-refractivity contribution in [1.82, 2.24) is 20.2 Å². The van der Waals surface area contributed by atoms with E-state index in [9.17, 15) is 13.6 Å². The zero-order valence-electron chi connectivity index (χ0n) is 40.1. The van der Waals surface area contributed by atoms with Gasteiger partial charge in [-0.15, -0.1) is 0 Å². The summed E-state index contributed by atoms with van der Waals surface area (Å²) in [5, 5.41) is 10.7. The minimum absolute atomic E-state index is 0. The Hall–Kier alpha value is -6.11. The highest BCUT2D eigenvalue weighted by atomic mass is 19.1. The van der Waals surface area contributed by atoms with Gasteiger partial charge in [0.1, 0.15) is 17.4 Å². The zero-order valence-corrected chi connectivity index (χ0v) is 40.1. The molecule has 11 heteroatoms. The first-order chi connectivity index (χ1) is 32.7. The lowest BCUT2D eigenvalue weighted by molar-refractivity contribution is -0.120. The molecule has 7 N–H and O–H groups in total. The van der Waals surface area contributed by atoms with E-state index in [0.29, 0.717) is 36.5 Å². The third kappa shape index (κ3) is 11.3. The van der Waals surface area contributed by atoms with Gasteiger partial charge in [0, 0.05) is 117 Å². The van der Waals surface area contributed by atoms with Crippen LogP contribution in [0.25, 0.3) is 43.4 Å². The van der Waals surface area contributed by atoms with E-state index >= 15 is 0 Å². The molecule has 12 rings (SSSR count). The number of piperazine rings is 2. The van der Waals surface area contributed by atoms with E-state index in [4.69, 9.17) is 0 Å². The number of H-pyrrole nitrogens is 2. The first-order valence-corrected chi connectivity index (χ1v) is 24.7. The van der Waals surface area contributed by atoms with Gasteiger partial charge in [0.2, 0.25) is 0 Å². The number of nitrogens with zero attached hydrogens (tertiary/aromatic N) is 3. The van der Waals surface area contributed by atoms with Crippen LogP contribution in [0.15, 0.2) is 122 Å². The number of Topliss-reactive ketones (excluding diaryl/α,β-unsaturated/α-hetero) is 1. The van der Waals surface area contributed by atoms with Crippen LogP contribution < -0.4 is 15.1 Å². The maximum Gasteiger partial charge on any atom is 0.132 e. The van der Waals surface area contributed by atoms with Crippen LogP contribution in [0.4, 0.5) is 20.2 Å². The molecule has 69 heavy (non-hydrogen) atoms. The molecule has 0 unspecified atom stereocenters. The zero-order chi connectivity index (χ0) is 45.9. The van der Waals surface area contributed by atoms with Crippen molar-refractivity contribution in [2.45, 2.75) is 83.1 Å². The van der Waals surface area contributed by atoms with Crippen LogP contribution >= 0.6 is 0 Å². The fourth-order valence-electron chi connectivity index (χ4n) is 11.3. The summed E-state index contributed by atoms with van der Waals surface area (Å²) >= 11 is 0. The summed E-state index contributed by atoms with van der Waals surface area (Å²) < 4.78 is 27.0. The monoisotopic (exact) mass is 935 g/mol. The van der Waals surface area contributed by atoms with E-state index in [1.165, 1.54) is 87.4 Å². The van der Waals surface area contributed by atoms with E-state index in [2.05, 4.69) is 123 Å². The van der Waals surface area contributed by atoms with Crippen molar-refractivity contribution in [2.24, 2.45) is 0 Å². The number of rotatable bonds is 5. The third-order valence-corrected chi connectivity index (χ3v) is 15.1. The van der Waals surface area contributed by atoms with Crippen LogP contribution in [0.2, 0.25) is 0 Å². The molecule has 0 radical (unpaired) electrons. The predicted octanol–water partition coefficient (Wildman–Crippen LogP) is 11.1. The van der Waals surface area contributed by atoms with Gasteiger partial charge in [-0.3, -0.25) is 9.69 Å². The molecule has 2 aliphatic carbocycles. The Morgan fingerprint density at radius 1 is 0.493 bits per heavy atom. The lowest BCUT2D eigenvalue weighted by Crippen LogP contribution is -2.51. The van der Waals surface area contributed by atoms with Crippen molar-refractivity contribution in [3.63, 3.8) is 0 Å². The highest BCUT2D eigenvalue weighted by molar-refractivity contribution is 5.88. The molecule has 4 heterocycles. The Morgan fingerprint density at radius 3 is 1.45 bits per heavy atom. The number of hydrogen-bond acceptors (Lipinski definition) is 5. The Bertz CT molecular complexity index is 2990. The second-order valence-corrected chi connectivity index (χ2v) is 19.5. The summed E-state index contributed by atoms with van der Waals surface area (Å²) in [4.78, 5) is 25.5. The molecule has 8 aromatic rings. The Labute approximate surface area is 404 Å². The van der Waals surface area contributed by atoms with Crippen molar-refractivity contribution in [3.8, 4) is 0 Å². The number of benzene rings is 6. The number of anilines is 2.